The van der Waals surface area contributed by atoms with Crippen LogP contribution in [0.1, 0.15) is 19.4 Å². The molecule has 2 atom stereocenters. The van der Waals surface area contributed by atoms with Crippen LogP contribution in [0.2, 0.25) is 0 Å². The van der Waals surface area contributed by atoms with Crippen LogP contribution in [0, 0.1) is 0 Å². The monoisotopic (exact) mass is 396 g/mol. The van der Waals surface area contributed by atoms with E-state index in [-0.39, 0.29) is 30.9 Å². The fourth-order valence-electron chi connectivity index (χ4n) is 3.40. The van der Waals surface area contributed by atoms with Gasteiger partial charge in [-0.05, 0) is 31.5 Å². The number of hydrogen-bond acceptors (Lipinski definition) is 5. The first kappa shape index (κ1) is 21.0. The summed E-state index contributed by atoms with van der Waals surface area (Å²) < 4.78 is 5.13. The molecule has 9 heteroatoms. The average Bonchev–Trinajstić information content (AvgIpc) is 2.86. The fourth-order valence-corrected chi connectivity index (χ4v) is 3.40. The van der Waals surface area contributed by atoms with Crippen molar-refractivity contribution in [3.63, 3.8) is 0 Å². The third-order valence-electron chi connectivity index (χ3n) is 5.06. The molecule has 1 unspecified atom stereocenters. The van der Waals surface area contributed by atoms with Crippen molar-refractivity contribution in [1.29, 1.82) is 0 Å². The van der Waals surface area contributed by atoms with Crippen molar-refractivity contribution in [1.82, 2.24) is 20.4 Å². The number of hydrogen-bond donors (Lipinski definition) is 2. The van der Waals surface area contributed by atoms with Crippen LogP contribution in [0.25, 0.3) is 0 Å². The van der Waals surface area contributed by atoms with Gasteiger partial charge in [0.2, 0.25) is 5.91 Å². The summed E-state index contributed by atoms with van der Waals surface area (Å²) in [6.07, 6.45) is 0. The van der Waals surface area contributed by atoms with E-state index in [4.69, 9.17) is 4.74 Å². The predicted molar refractivity (Wildman–Crippen MR) is 102 cm³/mol. The van der Waals surface area contributed by atoms with E-state index in [2.05, 4.69) is 10.6 Å². The predicted octanol–water partition coefficient (Wildman–Crippen LogP) is 0.704. The van der Waals surface area contributed by atoms with Gasteiger partial charge in [0.1, 0.15) is 17.8 Å². The van der Waals surface area contributed by atoms with Crippen molar-refractivity contribution >= 4 is 30.3 Å². The van der Waals surface area contributed by atoms with E-state index < -0.39 is 17.5 Å². The summed E-state index contributed by atoms with van der Waals surface area (Å²) in [7, 11) is 1.56. The smallest absolute Gasteiger partial charge is 0.325 e. The van der Waals surface area contributed by atoms with Crippen LogP contribution in [0.5, 0.6) is 5.75 Å². The van der Waals surface area contributed by atoms with Crippen molar-refractivity contribution in [2.75, 3.05) is 33.3 Å². The third kappa shape index (κ3) is 3.86. The van der Waals surface area contributed by atoms with E-state index in [1.54, 1.807) is 43.2 Å². The molecule has 148 valence electrons. The Hall–Kier alpha value is -2.32. The highest BCUT2D eigenvalue weighted by Gasteiger charge is 2.49. The molecule has 0 aromatic heterocycles. The maximum atomic E-state index is 12.9. The van der Waals surface area contributed by atoms with Crippen LogP contribution in [0.3, 0.4) is 0 Å². The summed E-state index contributed by atoms with van der Waals surface area (Å²) in [5, 5.41) is 5.93. The number of urea groups is 1. The molecule has 1 aromatic carbocycles. The Morgan fingerprint density at radius 1 is 1.30 bits per heavy atom. The fraction of sp³-hybridized carbons (Fsp3) is 0.500. The van der Waals surface area contributed by atoms with Crippen LogP contribution in [-0.4, -0.2) is 67.0 Å². The maximum Gasteiger partial charge on any atom is 0.325 e. The number of halogens is 1. The van der Waals surface area contributed by atoms with Crippen molar-refractivity contribution in [3.8, 4) is 5.75 Å². The second kappa shape index (κ2) is 8.14. The highest BCUT2D eigenvalue weighted by atomic mass is 35.5. The van der Waals surface area contributed by atoms with Gasteiger partial charge in [0.25, 0.3) is 5.91 Å². The lowest BCUT2D eigenvalue weighted by Crippen LogP contribution is -2.55. The molecule has 2 heterocycles. The first-order valence-electron chi connectivity index (χ1n) is 8.65. The van der Waals surface area contributed by atoms with Gasteiger partial charge in [-0.1, -0.05) is 12.1 Å². The summed E-state index contributed by atoms with van der Waals surface area (Å²) >= 11 is 0. The van der Waals surface area contributed by atoms with Gasteiger partial charge < -0.3 is 20.3 Å². The number of imide groups is 1. The van der Waals surface area contributed by atoms with E-state index in [1.165, 1.54) is 0 Å². The van der Waals surface area contributed by atoms with Gasteiger partial charge in [-0.15, -0.1) is 12.4 Å². The zero-order valence-electron chi connectivity index (χ0n) is 15.7. The Bertz CT molecular complexity index is 727. The first-order valence-corrected chi connectivity index (χ1v) is 8.65. The molecule has 8 nitrogen and oxygen atoms in total. The topological polar surface area (TPSA) is 91.0 Å². The molecule has 27 heavy (non-hydrogen) atoms. The molecule has 2 aliphatic rings. The van der Waals surface area contributed by atoms with E-state index in [9.17, 15) is 14.4 Å². The molecule has 2 aliphatic heterocycles. The van der Waals surface area contributed by atoms with E-state index in [0.29, 0.717) is 30.9 Å². The SMILES string of the molecule is COc1ccc(C2(C)NC(=O)N(CC(=O)N3CCNC[C@H]3C)C2=O)cc1.Cl. The number of amides is 4. The molecule has 0 aliphatic carbocycles. The molecule has 0 bridgehead atoms. The number of ether oxygens (including phenoxy) is 1. The minimum Gasteiger partial charge on any atom is -0.497 e. The Morgan fingerprint density at radius 2 is 1.96 bits per heavy atom. The number of nitrogens with one attached hydrogen (secondary N) is 2. The van der Waals surface area contributed by atoms with Crippen molar-refractivity contribution in [2.24, 2.45) is 0 Å². The highest BCUT2D eigenvalue weighted by Crippen LogP contribution is 2.30. The standard InChI is InChI=1S/C18H24N4O4.ClH/c1-12-10-19-8-9-21(12)15(23)11-22-16(24)18(2,20-17(22)25)13-4-6-14(26-3)7-5-13;/h4-7,12,19H,8-11H2,1-3H3,(H,20,25);1H/t12-,18?;/m1./s1. The zero-order valence-corrected chi connectivity index (χ0v) is 16.5. The lowest BCUT2D eigenvalue weighted by molar-refractivity contribution is -0.140. The van der Waals surface area contributed by atoms with Crippen LogP contribution < -0.4 is 15.4 Å². The number of piperazine rings is 1. The molecule has 2 fully saturated rings. The summed E-state index contributed by atoms with van der Waals surface area (Å²) in [4.78, 5) is 40.6. The zero-order chi connectivity index (χ0) is 18.9. The molecule has 2 saturated heterocycles. The van der Waals surface area contributed by atoms with Gasteiger partial charge in [0.05, 0.1) is 7.11 Å². The normalized spacial score (nSPS) is 25.1. The van der Waals surface area contributed by atoms with E-state index >= 15 is 0 Å². The lowest BCUT2D eigenvalue weighted by Gasteiger charge is -2.34. The number of nitrogens with zero attached hydrogens (tertiary/aromatic N) is 2. The molecule has 4 amide bonds. The number of benzene rings is 1. The second-order valence-corrected chi connectivity index (χ2v) is 6.82. The molecule has 1 aromatic rings. The minimum absolute atomic E-state index is 0. The molecular weight excluding hydrogens is 372 g/mol. The lowest BCUT2D eigenvalue weighted by atomic mass is 9.92. The van der Waals surface area contributed by atoms with Crippen LogP contribution >= 0.6 is 12.4 Å². The van der Waals surface area contributed by atoms with Gasteiger partial charge >= 0.3 is 6.03 Å². The van der Waals surface area contributed by atoms with Crippen molar-refractivity contribution in [2.45, 2.75) is 25.4 Å². The number of methoxy groups -OCH3 is 1. The molecule has 0 saturated carbocycles. The van der Waals surface area contributed by atoms with Crippen LogP contribution in [-0.2, 0) is 15.1 Å². The summed E-state index contributed by atoms with van der Waals surface area (Å²) in [6, 6.07) is 6.42. The Labute approximate surface area is 164 Å². The second-order valence-electron chi connectivity index (χ2n) is 6.82. The van der Waals surface area contributed by atoms with E-state index in [1.807, 2.05) is 6.92 Å². The van der Waals surface area contributed by atoms with Crippen molar-refractivity contribution in [3.05, 3.63) is 29.8 Å². The number of carbonyl (C=O) groups is 3. The van der Waals surface area contributed by atoms with Crippen molar-refractivity contribution < 1.29 is 19.1 Å². The van der Waals surface area contributed by atoms with Gasteiger partial charge in [-0.2, -0.15) is 0 Å². The highest BCUT2D eigenvalue weighted by molar-refractivity contribution is 6.09. The Kier molecular flexibility index (Phi) is 6.33. The molecule has 3 rings (SSSR count). The number of carbonyl (C=O) groups excluding carboxylic acids is 3. The van der Waals surface area contributed by atoms with Gasteiger partial charge in [0, 0.05) is 25.7 Å². The molecule has 0 spiro atoms. The number of rotatable bonds is 4. The van der Waals surface area contributed by atoms with Gasteiger partial charge in [-0.25, -0.2) is 4.79 Å². The average molecular weight is 397 g/mol. The summed E-state index contributed by atoms with van der Waals surface area (Å²) in [5.41, 5.74) is -0.555. The quantitative estimate of drug-likeness (QED) is 0.731. The molecule has 0 radical (unpaired) electrons. The largest absolute Gasteiger partial charge is 0.497 e. The third-order valence-corrected chi connectivity index (χ3v) is 5.06. The first-order chi connectivity index (χ1) is 12.4. The van der Waals surface area contributed by atoms with Crippen LogP contribution in [0.15, 0.2) is 24.3 Å². The Balaban J connectivity index is 0.00000261. The van der Waals surface area contributed by atoms with Gasteiger partial charge in [-0.3, -0.25) is 14.5 Å². The van der Waals surface area contributed by atoms with Gasteiger partial charge in [0.15, 0.2) is 0 Å². The van der Waals surface area contributed by atoms with Crippen LogP contribution in [0.4, 0.5) is 4.79 Å². The molecule has 2 N–H and O–H groups in total. The molecular formula is C18H25ClN4O4. The minimum atomic E-state index is -1.20. The Morgan fingerprint density at radius 3 is 2.56 bits per heavy atom. The summed E-state index contributed by atoms with van der Waals surface area (Å²) in [5.74, 6) is 0.0131. The maximum absolute atomic E-state index is 12.9. The van der Waals surface area contributed by atoms with E-state index in [0.717, 1.165) is 4.90 Å². The summed E-state index contributed by atoms with van der Waals surface area (Å²) in [6.45, 7) is 5.32.